The summed E-state index contributed by atoms with van der Waals surface area (Å²) in [7, 11) is 0. The molecule has 1 aromatic heterocycles. The van der Waals surface area contributed by atoms with Gasteiger partial charge in [-0.1, -0.05) is 19.9 Å². The van der Waals surface area contributed by atoms with E-state index in [2.05, 4.69) is 5.32 Å². The van der Waals surface area contributed by atoms with E-state index in [4.69, 9.17) is 4.74 Å². The average molecular weight is 381 g/mol. The van der Waals surface area contributed by atoms with Crippen LogP contribution in [-0.2, 0) is 9.53 Å². The van der Waals surface area contributed by atoms with E-state index in [0.29, 0.717) is 4.88 Å². The van der Waals surface area contributed by atoms with E-state index in [9.17, 15) is 23.2 Å². The molecule has 8 heteroatoms. The minimum Gasteiger partial charge on any atom is -0.456 e. The number of carbonyl (C=O) groups excluding carboxylic acids is 3. The highest BCUT2D eigenvalue weighted by Crippen LogP contribution is 2.13. The fourth-order valence-corrected chi connectivity index (χ4v) is 2.76. The molecule has 1 heterocycles. The van der Waals surface area contributed by atoms with Crippen molar-refractivity contribution in [2.45, 2.75) is 19.9 Å². The molecule has 0 aliphatic rings. The molecule has 26 heavy (non-hydrogen) atoms. The Bertz CT molecular complexity index is 806. The predicted octanol–water partition coefficient (Wildman–Crippen LogP) is 3.21. The number of halogens is 2. The molecule has 1 aromatic carbocycles. The predicted molar refractivity (Wildman–Crippen MR) is 92.1 cm³/mol. The molecule has 138 valence electrons. The van der Waals surface area contributed by atoms with E-state index in [-0.39, 0.29) is 5.92 Å². The van der Waals surface area contributed by atoms with Gasteiger partial charge in [0.15, 0.2) is 6.61 Å². The number of Topliss-reactive ketones (excluding diaryl/α,β-unsaturated/α-hetero) is 1. The van der Waals surface area contributed by atoms with Gasteiger partial charge in [0.2, 0.25) is 5.78 Å². The van der Waals surface area contributed by atoms with Crippen LogP contribution in [0.3, 0.4) is 0 Å². The van der Waals surface area contributed by atoms with Crippen LogP contribution in [0.4, 0.5) is 8.78 Å². The van der Waals surface area contributed by atoms with E-state index in [1.54, 1.807) is 31.4 Å². The number of carbonyl (C=O) groups is 3. The summed E-state index contributed by atoms with van der Waals surface area (Å²) in [6, 6.07) is 4.78. The molecule has 1 amide bonds. The molecule has 0 saturated heterocycles. The number of nitrogens with one attached hydrogen (secondary N) is 1. The largest absolute Gasteiger partial charge is 0.456 e. The van der Waals surface area contributed by atoms with E-state index in [1.807, 2.05) is 0 Å². The third-order valence-electron chi connectivity index (χ3n) is 3.53. The van der Waals surface area contributed by atoms with Gasteiger partial charge >= 0.3 is 5.97 Å². The molecule has 2 rings (SSSR count). The first-order valence-corrected chi connectivity index (χ1v) is 8.66. The zero-order valence-electron chi connectivity index (χ0n) is 14.1. The summed E-state index contributed by atoms with van der Waals surface area (Å²) in [4.78, 5) is 36.7. The van der Waals surface area contributed by atoms with Gasteiger partial charge in [-0.15, -0.1) is 11.3 Å². The second-order valence-corrected chi connectivity index (χ2v) is 6.78. The van der Waals surface area contributed by atoms with Gasteiger partial charge < -0.3 is 10.1 Å². The van der Waals surface area contributed by atoms with Crippen molar-refractivity contribution in [1.29, 1.82) is 0 Å². The zero-order valence-corrected chi connectivity index (χ0v) is 14.9. The standard InChI is InChI=1S/C18H17F2NO4S/c1-10(2)16(21-17(23)15-4-3-7-26-15)18(24)25-9-14(22)12-8-11(19)5-6-13(12)20/h3-8,10,16H,9H2,1-2H3,(H,21,23). The highest BCUT2D eigenvalue weighted by Gasteiger charge is 2.27. The van der Waals surface area contributed by atoms with Crippen LogP contribution in [0.25, 0.3) is 0 Å². The van der Waals surface area contributed by atoms with Gasteiger partial charge in [0.1, 0.15) is 17.7 Å². The molecule has 1 N–H and O–H groups in total. The van der Waals surface area contributed by atoms with Crippen LogP contribution in [0.2, 0.25) is 0 Å². The van der Waals surface area contributed by atoms with Gasteiger partial charge in [-0.3, -0.25) is 9.59 Å². The number of rotatable bonds is 7. The third kappa shape index (κ3) is 4.95. The number of ether oxygens (including phenoxy) is 1. The molecule has 0 radical (unpaired) electrons. The van der Waals surface area contributed by atoms with Gasteiger partial charge in [0, 0.05) is 0 Å². The van der Waals surface area contributed by atoms with Crippen molar-refractivity contribution in [3.05, 3.63) is 57.8 Å². The Morgan fingerprint density at radius 1 is 1.19 bits per heavy atom. The normalized spacial score (nSPS) is 11.9. The van der Waals surface area contributed by atoms with Crippen molar-refractivity contribution in [3.63, 3.8) is 0 Å². The van der Waals surface area contributed by atoms with E-state index >= 15 is 0 Å². The molecule has 0 saturated carbocycles. The molecule has 0 fully saturated rings. The lowest BCUT2D eigenvalue weighted by atomic mass is 10.0. The summed E-state index contributed by atoms with van der Waals surface area (Å²) in [5.41, 5.74) is -0.499. The first-order chi connectivity index (χ1) is 12.3. The summed E-state index contributed by atoms with van der Waals surface area (Å²) < 4.78 is 31.6. The van der Waals surface area contributed by atoms with Crippen molar-refractivity contribution >= 4 is 29.0 Å². The second kappa shape index (κ2) is 8.66. The molecule has 1 unspecified atom stereocenters. The maximum absolute atomic E-state index is 13.6. The van der Waals surface area contributed by atoms with Crippen molar-refractivity contribution in [1.82, 2.24) is 5.32 Å². The Hall–Kier alpha value is -2.61. The highest BCUT2D eigenvalue weighted by atomic mass is 32.1. The van der Waals surface area contributed by atoms with Crippen molar-refractivity contribution in [3.8, 4) is 0 Å². The van der Waals surface area contributed by atoms with Gasteiger partial charge in [0.25, 0.3) is 5.91 Å². The Kier molecular flexibility index (Phi) is 6.57. The van der Waals surface area contributed by atoms with Gasteiger partial charge in [-0.05, 0) is 35.6 Å². The molecule has 0 bridgehead atoms. The van der Waals surface area contributed by atoms with Crippen LogP contribution in [0.15, 0.2) is 35.7 Å². The lowest BCUT2D eigenvalue weighted by molar-refractivity contribution is -0.145. The molecule has 0 aliphatic carbocycles. The van der Waals surface area contributed by atoms with Crippen LogP contribution >= 0.6 is 11.3 Å². The first kappa shape index (κ1) is 19.7. The lowest BCUT2D eigenvalue weighted by Gasteiger charge is -2.20. The molecule has 0 spiro atoms. The van der Waals surface area contributed by atoms with E-state index in [0.717, 1.165) is 18.2 Å². The summed E-state index contributed by atoms with van der Waals surface area (Å²) in [6.07, 6.45) is 0. The minimum atomic E-state index is -0.977. The molecule has 5 nitrogen and oxygen atoms in total. The maximum Gasteiger partial charge on any atom is 0.329 e. The Morgan fingerprint density at radius 2 is 1.92 bits per heavy atom. The van der Waals surface area contributed by atoms with Crippen LogP contribution in [0.1, 0.15) is 33.9 Å². The average Bonchev–Trinajstić information content (AvgIpc) is 3.13. The quantitative estimate of drug-likeness (QED) is 0.591. The van der Waals surface area contributed by atoms with Gasteiger partial charge in [-0.2, -0.15) is 0 Å². The first-order valence-electron chi connectivity index (χ1n) is 7.79. The Morgan fingerprint density at radius 3 is 2.54 bits per heavy atom. The van der Waals surface area contributed by atoms with E-state index in [1.165, 1.54) is 11.3 Å². The van der Waals surface area contributed by atoms with Crippen LogP contribution in [-0.4, -0.2) is 30.3 Å². The number of hydrogen-bond donors (Lipinski definition) is 1. The number of thiophene rings is 1. The number of esters is 1. The highest BCUT2D eigenvalue weighted by molar-refractivity contribution is 7.12. The van der Waals surface area contributed by atoms with E-state index < -0.39 is 47.5 Å². The fourth-order valence-electron chi connectivity index (χ4n) is 2.13. The number of amides is 1. The number of hydrogen-bond acceptors (Lipinski definition) is 5. The van der Waals surface area contributed by atoms with Crippen molar-refractivity contribution in [2.24, 2.45) is 5.92 Å². The molecule has 1 atom stereocenters. The smallest absolute Gasteiger partial charge is 0.329 e. The lowest BCUT2D eigenvalue weighted by Crippen LogP contribution is -2.45. The summed E-state index contributed by atoms with van der Waals surface area (Å²) in [6.45, 7) is 2.65. The zero-order chi connectivity index (χ0) is 19.3. The number of ketones is 1. The monoisotopic (exact) mass is 381 g/mol. The topological polar surface area (TPSA) is 72.5 Å². The molecule has 2 aromatic rings. The molecule has 0 aliphatic heterocycles. The fraction of sp³-hybridized carbons (Fsp3) is 0.278. The van der Waals surface area contributed by atoms with Gasteiger partial charge in [-0.25, -0.2) is 13.6 Å². The second-order valence-electron chi connectivity index (χ2n) is 5.83. The summed E-state index contributed by atoms with van der Waals surface area (Å²) >= 11 is 1.22. The summed E-state index contributed by atoms with van der Waals surface area (Å²) in [5, 5.41) is 4.28. The third-order valence-corrected chi connectivity index (χ3v) is 4.40. The Balaban J connectivity index is 2.00. The molecular formula is C18H17F2NO4S. The summed E-state index contributed by atoms with van der Waals surface area (Å²) in [5.74, 6) is -4.11. The Labute approximate surface area is 153 Å². The molecular weight excluding hydrogens is 364 g/mol. The van der Waals surface area contributed by atoms with Gasteiger partial charge in [0.05, 0.1) is 10.4 Å². The van der Waals surface area contributed by atoms with Crippen LogP contribution in [0, 0.1) is 17.6 Å². The SMILES string of the molecule is CC(C)C(NC(=O)c1cccs1)C(=O)OCC(=O)c1cc(F)ccc1F. The number of benzene rings is 1. The van der Waals surface area contributed by atoms with Crippen molar-refractivity contribution < 1.29 is 27.9 Å². The van der Waals surface area contributed by atoms with Crippen molar-refractivity contribution in [2.75, 3.05) is 6.61 Å². The van der Waals surface area contributed by atoms with Crippen LogP contribution in [0.5, 0.6) is 0 Å². The maximum atomic E-state index is 13.6. The van der Waals surface area contributed by atoms with Crippen LogP contribution < -0.4 is 5.32 Å². The minimum absolute atomic E-state index is 0.299.